The molecule has 8 heteroatoms. The maximum absolute atomic E-state index is 13.1. The second-order valence-electron chi connectivity index (χ2n) is 7.95. The molecule has 1 heterocycles. The van der Waals surface area contributed by atoms with Gasteiger partial charge in [-0.3, -0.25) is 0 Å². The number of hydrogen-bond acceptors (Lipinski definition) is 8. The van der Waals surface area contributed by atoms with Crippen LogP contribution in [-0.4, -0.2) is 47.1 Å². The summed E-state index contributed by atoms with van der Waals surface area (Å²) in [5.41, 5.74) is 0.709. The van der Waals surface area contributed by atoms with Crippen LogP contribution in [0.5, 0.6) is 17.2 Å². The molecule has 3 rings (SSSR count). The van der Waals surface area contributed by atoms with Gasteiger partial charge in [0.05, 0.1) is 19.8 Å². The van der Waals surface area contributed by atoms with Gasteiger partial charge in [0.25, 0.3) is 0 Å². The number of esters is 2. The van der Waals surface area contributed by atoms with E-state index in [1.54, 1.807) is 12.1 Å². The van der Waals surface area contributed by atoms with Crippen LogP contribution in [0.15, 0.2) is 53.8 Å². The lowest BCUT2D eigenvalue weighted by Crippen LogP contribution is -2.44. The molecular formula is C25H26O8. The van der Waals surface area contributed by atoms with E-state index in [1.807, 2.05) is 19.9 Å². The zero-order chi connectivity index (χ0) is 24.3. The van der Waals surface area contributed by atoms with E-state index in [0.29, 0.717) is 17.5 Å². The van der Waals surface area contributed by atoms with Gasteiger partial charge in [-0.05, 0) is 55.2 Å². The maximum atomic E-state index is 13.1. The first kappa shape index (κ1) is 23.7. The highest BCUT2D eigenvalue weighted by molar-refractivity contribution is 6.11. The van der Waals surface area contributed by atoms with Crippen LogP contribution in [0.4, 0.5) is 0 Å². The van der Waals surface area contributed by atoms with Crippen molar-refractivity contribution in [3.05, 3.63) is 70.5 Å². The topological polar surface area (TPSA) is 123 Å². The molecule has 174 valence electrons. The first-order valence-corrected chi connectivity index (χ1v) is 10.2. The molecule has 1 aliphatic heterocycles. The molecule has 0 spiro atoms. The fourth-order valence-corrected chi connectivity index (χ4v) is 3.79. The molecule has 0 unspecified atom stereocenters. The van der Waals surface area contributed by atoms with Crippen LogP contribution in [0, 0.1) is 0 Å². The highest BCUT2D eigenvalue weighted by Crippen LogP contribution is 2.45. The van der Waals surface area contributed by atoms with Crippen molar-refractivity contribution in [1.29, 1.82) is 0 Å². The number of allylic oxidation sites excluding steroid dienone is 2. The van der Waals surface area contributed by atoms with E-state index >= 15 is 0 Å². The monoisotopic (exact) mass is 454 g/mol. The predicted molar refractivity (Wildman–Crippen MR) is 119 cm³/mol. The number of methoxy groups -OCH3 is 2. The average molecular weight is 454 g/mol. The van der Waals surface area contributed by atoms with E-state index in [1.165, 1.54) is 38.5 Å². The lowest BCUT2D eigenvalue weighted by atomic mass is 9.82. The van der Waals surface area contributed by atoms with Gasteiger partial charge >= 0.3 is 11.9 Å². The summed E-state index contributed by atoms with van der Waals surface area (Å²) in [6, 6.07) is 8.73. The number of cyclic esters (lactones) is 1. The highest BCUT2D eigenvalue weighted by Gasteiger charge is 2.56. The summed E-state index contributed by atoms with van der Waals surface area (Å²) in [7, 11) is 2.44. The molecule has 0 aliphatic carbocycles. The van der Waals surface area contributed by atoms with Crippen molar-refractivity contribution in [2.24, 2.45) is 0 Å². The van der Waals surface area contributed by atoms with Gasteiger partial charge in [-0.1, -0.05) is 29.8 Å². The lowest BCUT2D eigenvalue weighted by Gasteiger charge is -2.28. The van der Waals surface area contributed by atoms with E-state index in [0.717, 1.165) is 5.57 Å². The third-order valence-electron chi connectivity index (χ3n) is 5.39. The third-order valence-corrected chi connectivity index (χ3v) is 5.39. The second-order valence-corrected chi connectivity index (χ2v) is 7.95. The van der Waals surface area contributed by atoms with Crippen molar-refractivity contribution in [1.82, 2.24) is 0 Å². The summed E-state index contributed by atoms with van der Waals surface area (Å²) < 4.78 is 15.9. The van der Waals surface area contributed by atoms with Gasteiger partial charge in [-0.2, -0.15) is 0 Å². The van der Waals surface area contributed by atoms with Gasteiger partial charge in [0.15, 0.2) is 11.5 Å². The molecule has 0 fully saturated rings. The van der Waals surface area contributed by atoms with Gasteiger partial charge < -0.3 is 29.5 Å². The molecule has 2 aromatic rings. The quantitative estimate of drug-likeness (QED) is 0.331. The molecule has 1 aliphatic rings. The Balaban J connectivity index is 2.17. The van der Waals surface area contributed by atoms with Crippen LogP contribution in [0.2, 0.25) is 0 Å². The molecule has 1 atom stereocenters. The Morgan fingerprint density at radius 3 is 2.33 bits per heavy atom. The Morgan fingerprint density at radius 1 is 1.03 bits per heavy atom. The van der Waals surface area contributed by atoms with Gasteiger partial charge in [0.1, 0.15) is 5.75 Å². The molecule has 0 saturated heterocycles. The number of benzene rings is 2. The van der Waals surface area contributed by atoms with Crippen molar-refractivity contribution in [2.45, 2.75) is 32.3 Å². The smallest absolute Gasteiger partial charge is 0.375 e. The van der Waals surface area contributed by atoms with E-state index in [9.17, 15) is 24.9 Å². The van der Waals surface area contributed by atoms with E-state index < -0.39 is 23.3 Å². The highest BCUT2D eigenvalue weighted by atomic mass is 16.6. The summed E-state index contributed by atoms with van der Waals surface area (Å²) in [5, 5.41) is 30.0. The summed E-state index contributed by atoms with van der Waals surface area (Å²) in [6.45, 7) is 3.89. The van der Waals surface area contributed by atoms with Crippen LogP contribution in [0.1, 0.15) is 30.5 Å². The molecule has 0 bridgehead atoms. The number of ether oxygens (including phenoxy) is 3. The van der Waals surface area contributed by atoms with Gasteiger partial charge in [-0.25, -0.2) is 9.59 Å². The minimum Gasteiger partial charge on any atom is -0.508 e. The van der Waals surface area contributed by atoms with Gasteiger partial charge in [0, 0.05) is 6.42 Å². The minimum atomic E-state index is -1.91. The van der Waals surface area contributed by atoms with Crippen LogP contribution < -0.4 is 0 Å². The van der Waals surface area contributed by atoms with Crippen molar-refractivity contribution in [2.75, 3.05) is 14.2 Å². The standard InChI is InChI=1S/C25H26O8/c1-14(2)5-7-16-11-15(6-9-18(16)26)13-25(24(30)32-4)21(22(31-3)23(29)33-25)17-8-10-19(27)20(28)12-17/h5-6,8-12,26-28H,7,13H2,1-4H3/t25-/m0/s1. The molecule has 0 aromatic heterocycles. The van der Waals surface area contributed by atoms with Crippen molar-refractivity contribution < 1.29 is 39.1 Å². The summed E-state index contributed by atoms with van der Waals surface area (Å²) in [6.07, 6.45) is 2.32. The summed E-state index contributed by atoms with van der Waals surface area (Å²) >= 11 is 0. The predicted octanol–water partition coefficient (Wildman–Crippen LogP) is 3.38. The Morgan fingerprint density at radius 2 is 1.73 bits per heavy atom. The van der Waals surface area contributed by atoms with E-state index in [2.05, 4.69) is 0 Å². The summed E-state index contributed by atoms with van der Waals surface area (Å²) in [4.78, 5) is 25.8. The number of aromatic hydroxyl groups is 3. The second kappa shape index (κ2) is 9.28. The van der Waals surface area contributed by atoms with Gasteiger partial charge in [0.2, 0.25) is 11.4 Å². The Bertz CT molecular complexity index is 1160. The number of rotatable bonds is 7. The van der Waals surface area contributed by atoms with Crippen LogP contribution in [0.3, 0.4) is 0 Å². The molecule has 0 radical (unpaired) electrons. The van der Waals surface area contributed by atoms with Crippen LogP contribution in [-0.2, 0) is 36.6 Å². The first-order chi connectivity index (χ1) is 15.6. The van der Waals surface area contributed by atoms with Crippen molar-refractivity contribution in [3.8, 4) is 17.2 Å². The molecule has 2 aromatic carbocycles. The number of phenolic OH excluding ortho intramolecular Hbond substituents is 3. The zero-order valence-corrected chi connectivity index (χ0v) is 18.8. The Labute approximate surface area is 191 Å². The number of carbonyl (C=O) groups excluding carboxylic acids is 2. The molecule has 0 amide bonds. The molecule has 3 N–H and O–H groups in total. The Hall–Kier alpha value is -3.94. The van der Waals surface area contributed by atoms with Gasteiger partial charge in [-0.15, -0.1) is 0 Å². The SMILES string of the molecule is COC(=O)[C@@]1(Cc2ccc(O)c(CC=C(C)C)c2)OC(=O)C(OC)=C1c1ccc(O)c(O)c1. The average Bonchev–Trinajstić information content (AvgIpc) is 3.07. The van der Waals surface area contributed by atoms with Crippen molar-refractivity contribution in [3.63, 3.8) is 0 Å². The molecular weight excluding hydrogens is 428 g/mol. The maximum Gasteiger partial charge on any atom is 0.375 e. The third kappa shape index (κ3) is 4.50. The lowest BCUT2D eigenvalue weighted by molar-refractivity contribution is -0.169. The number of carbonyl (C=O) groups is 2. The van der Waals surface area contributed by atoms with E-state index in [4.69, 9.17) is 14.2 Å². The normalized spacial score (nSPS) is 17.5. The van der Waals surface area contributed by atoms with Crippen LogP contribution in [0.25, 0.3) is 5.57 Å². The molecule has 33 heavy (non-hydrogen) atoms. The fraction of sp³-hybridized carbons (Fsp3) is 0.280. The number of hydrogen-bond donors (Lipinski definition) is 3. The minimum absolute atomic E-state index is 0.0658. The van der Waals surface area contributed by atoms with Crippen molar-refractivity contribution >= 4 is 17.5 Å². The number of phenols is 3. The van der Waals surface area contributed by atoms with Crippen LogP contribution >= 0.6 is 0 Å². The largest absolute Gasteiger partial charge is 0.508 e. The molecule has 8 nitrogen and oxygen atoms in total. The zero-order valence-electron chi connectivity index (χ0n) is 18.8. The fourth-order valence-electron chi connectivity index (χ4n) is 3.79. The van der Waals surface area contributed by atoms with E-state index in [-0.39, 0.29) is 34.8 Å². The molecule has 0 saturated carbocycles. The Kier molecular flexibility index (Phi) is 6.67. The first-order valence-electron chi connectivity index (χ1n) is 10.2. The summed E-state index contributed by atoms with van der Waals surface area (Å²) in [5.74, 6) is -2.63.